The van der Waals surface area contributed by atoms with E-state index in [1.165, 1.54) is 0 Å². The van der Waals surface area contributed by atoms with Gasteiger partial charge in [-0.2, -0.15) is 0 Å². The Morgan fingerprint density at radius 1 is 1.04 bits per heavy atom. The fourth-order valence-electron chi connectivity index (χ4n) is 3.08. The second kappa shape index (κ2) is 5.94. The van der Waals surface area contributed by atoms with Crippen molar-refractivity contribution < 1.29 is 4.42 Å². The van der Waals surface area contributed by atoms with E-state index in [1.807, 2.05) is 49.4 Å². The largest absolute Gasteiger partial charge is 0.464 e. The number of para-hydroxylation sites is 1. The molecule has 124 valence electrons. The number of rotatable bonds is 3. The third kappa shape index (κ3) is 2.41. The van der Waals surface area contributed by atoms with Gasteiger partial charge in [-0.3, -0.25) is 9.36 Å². The SMILES string of the molecule is CNc1c(-c2ccco2)c(=O)n(-c2ccccc2)c2nc(C)ccc12. The van der Waals surface area contributed by atoms with Crippen molar-refractivity contribution in [3.63, 3.8) is 0 Å². The molecule has 0 atom stereocenters. The molecule has 3 aromatic heterocycles. The van der Waals surface area contributed by atoms with Crippen LogP contribution in [-0.2, 0) is 0 Å². The number of aromatic nitrogens is 2. The maximum Gasteiger partial charge on any atom is 0.269 e. The lowest BCUT2D eigenvalue weighted by atomic mass is 10.1. The van der Waals surface area contributed by atoms with E-state index in [0.29, 0.717) is 17.0 Å². The van der Waals surface area contributed by atoms with Gasteiger partial charge in [-0.15, -0.1) is 0 Å². The lowest BCUT2D eigenvalue weighted by Crippen LogP contribution is -2.23. The van der Waals surface area contributed by atoms with Crippen molar-refractivity contribution in [1.82, 2.24) is 9.55 Å². The number of hydrogen-bond donors (Lipinski definition) is 1. The van der Waals surface area contributed by atoms with Crippen LogP contribution in [-0.4, -0.2) is 16.6 Å². The fraction of sp³-hybridized carbons (Fsp3) is 0.100. The van der Waals surface area contributed by atoms with Crippen LogP contribution < -0.4 is 10.9 Å². The molecule has 1 N–H and O–H groups in total. The summed E-state index contributed by atoms with van der Waals surface area (Å²) in [6, 6.07) is 17.0. The Labute approximate surface area is 144 Å². The summed E-state index contributed by atoms with van der Waals surface area (Å²) >= 11 is 0. The molecule has 4 rings (SSSR count). The zero-order valence-electron chi connectivity index (χ0n) is 14.0. The normalized spacial score (nSPS) is 11.0. The van der Waals surface area contributed by atoms with E-state index >= 15 is 0 Å². The molecule has 0 spiro atoms. The second-order valence-electron chi connectivity index (χ2n) is 5.78. The molecule has 0 radical (unpaired) electrons. The molecule has 0 saturated heterocycles. The smallest absolute Gasteiger partial charge is 0.269 e. The molecule has 1 aromatic carbocycles. The number of nitrogens with zero attached hydrogens (tertiary/aromatic N) is 2. The number of furan rings is 1. The zero-order chi connectivity index (χ0) is 17.4. The molecule has 25 heavy (non-hydrogen) atoms. The third-order valence-corrected chi connectivity index (χ3v) is 4.19. The van der Waals surface area contributed by atoms with E-state index in [4.69, 9.17) is 4.42 Å². The van der Waals surface area contributed by atoms with E-state index in [0.717, 1.165) is 22.5 Å². The van der Waals surface area contributed by atoms with Crippen molar-refractivity contribution >= 4 is 16.7 Å². The molecule has 0 amide bonds. The first-order chi connectivity index (χ1) is 12.2. The topological polar surface area (TPSA) is 60.1 Å². The summed E-state index contributed by atoms with van der Waals surface area (Å²) in [7, 11) is 1.80. The van der Waals surface area contributed by atoms with Crippen LogP contribution in [0.4, 0.5) is 5.69 Å². The summed E-state index contributed by atoms with van der Waals surface area (Å²) in [6.07, 6.45) is 1.57. The van der Waals surface area contributed by atoms with Gasteiger partial charge in [-0.25, -0.2) is 4.98 Å². The average Bonchev–Trinajstić information content (AvgIpc) is 3.15. The third-order valence-electron chi connectivity index (χ3n) is 4.19. The van der Waals surface area contributed by atoms with E-state index in [9.17, 15) is 4.79 Å². The van der Waals surface area contributed by atoms with Crippen molar-refractivity contribution in [3.05, 3.63) is 76.9 Å². The van der Waals surface area contributed by atoms with Crippen LogP contribution in [0.15, 0.2) is 70.1 Å². The lowest BCUT2D eigenvalue weighted by molar-refractivity contribution is 0.581. The molecule has 5 nitrogen and oxygen atoms in total. The summed E-state index contributed by atoms with van der Waals surface area (Å²) in [6.45, 7) is 1.92. The molecule has 4 aromatic rings. The van der Waals surface area contributed by atoms with Crippen LogP contribution >= 0.6 is 0 Å². The molecular formula is C20H17N3O2. The van der Waals surface area contributed by atoms with Gasteiger partial charge in [0.2, 0.25) is 0 Å². The number of pyridine rings is 2. The van der Waals surface area contributed by atoms with Gasteiger partial charge in [-0.05, 0) is 43.3 Å². The second-order valence-corrected chi connectivity index (χ2v) is 5.78. The highest BCUT2D eigenvalue weighted by Gasteiger charge is 2.21. The van der Waals surface area contributed by atoms with Gasteiger partial charge in [0.15, 0.2) is 0 Å². The van der Waals surface area contributed by atoms with Crippen LogP contribution in [0.2, 0.25) is 0 Å². The molecule has 3 heterocycles. The molecule has 0 saturated carbocycles. The van der Waals surface area contributed by atoms with Crippen LogP contribution in [0.1, 0.15) is 5.69 Å². The van der Waals surface area contributed by atoms with Crippen molar-refractivity contribution in [2.45, 2.75) is 6.92 Å². The summed E-state index contributed by atoms with van der Waals surface area (Å²) in [5.41, 5.74) is 3.28. The molecule has 0 aliphatic heterocycles. The van der Waals surface area contributed by atoms with Crippen LogP contribution in [0.3, 0.4) is 0 Å². The highest BCUT2D eigenvalue weighted by molar-refractivity contribution is 5.98. The van der Waals surface area contributed by atoms with Crippen molar-refractivity contribution in [2.75, 3.05) is 12.4 Å². The highest BCUT2D eigenvalue weighted by atomic mass is 16.3. The van der Waals surface area contributed by atoms with Crippen LogP contribution in [0.25, 0.3) is 28.0 Å². The first kappa shape index (κ1) is 15.2. The van der Waals surface area contributed by atoms with Crippen LogP contribution in [0.5, 0.6) is 0 Å². The fourth-order valence-corrected chi connectivity index (χ4v) is 3.08. The minimum atomic E-state index is -0.170. The van der Waals surface area contributed by atoms with E-state index in [-0.39, 0.29) is 5.56 Å². The maximum atomic E-state index is 13.4. The number of anilines is 1. The molecule has 0 unspecified atom stereocenters. The highest BCUT2D eigenvalue weighted by Crippen LogP contribution is 2.32. The number of fused-ring (bicyclic) bond motifs is 1. The van der Waals surface area contributed by atoms with Gasteiger partial charge in [0.05, 0.1) is 17.6 Å². The summed E-state index contributed by atoms with van der Waals surface area (Å²) < 4.78 is 7.17. The van der Waals surface area contributed by atoms with Gasteiger partial charge in [0.25, 0.3) is 5.56 Å². The Morgan fingerprint density at radius 2 is 1.84 bits per heavy atom. The van der Waals surface area contributed by atoms with E-state index in [1.54, 1.807) is 30.0 Å². The molecule has 0 fully saturated rings. The van der Waals surface area contributed by atoms with Gasteiger partial charge in [0.1, 0.15) is 17.0 Å². The summed E-state index contributed by atoms with van der Waals surface area (Å²) in [5.74, 6) is 0.529. The quantitative estimate of drug-likeness (QED) is 0.616. The molecule has 0 aliphatic rings. The first-order valence-electron chi connectivity index (χ1n) is 8.04. The number of nitrogens with one attached hydrogen (secondary N) is 1. The molecule has 0 aliphatic carbocycles. The number of benzene rings is 1. The summed E-state index contributed by atoms with van der Waals surface area (Å²) in [4.78, 5) is 18.0. The standard InChI is InChI=1S/C20H17N3O2/c1-13-10-11-15-18(21-2)17(16-9-6-12-25-16)20(24)23(19(15)22-13)14-7-4-3-5-8-14/h3-12,21H,1-2H3. The average molecular weight is 331 g/mol. The van der Waals surface area contributed by atoms with Crippen molar-refractivity contribution in [3.8, 4) is 17.0 Å². The Balaban J connectivity index is 2.22. The molecule has 5 heteroatoms. The minimum absolute atomic E-state index is 0.170. The summed E-state index contributed by atoms with van der Waals surface area (Å²) in [5, 5.41) is 4.02. The van der Waals surface area contributed by atoms with Gasteiger partial charge < -0.3 is 9.73 Å². The molecular weight excluding hydrogens is 314 g/mol. The number of hydrogen-bond acceptors (Lipinski definition) is 4. The minimum Gasteiger partial charge on any atom is -0.464 e. The maximum absolute atomic E-state index is 13.4. The van der Waals surface area contributed by atoms with Crippen molar-refractivity contribution in [1.29, 1.82) is 0 Å². The predicted molar refractivity (Wildman–Crippen MR) is 99.3 cm³/mol. The van der Waals surface area contributed by atoms with E-state index < -0.39 is 0 Å². The Morgan fingerprint density at radius 3 is 2.52 bits per heavy atom. The van der Waals surface area contributed by atoms with Gasteiger partial charge in [-0.1, -0.05) is 18.2 Å². The Hall–Kier alpha value is -3.34. The zero-order valence-corrected chi connectivity index (χ0v) is 14.0. The number of aryl methyl sites for hydroxylation is 1. The monoisotopic (exact) mass is 331 g/mol. The van der Waals surface area contributed by atoms with Crippen molar-refractivity contribution in [2.24, 2.45) is 0 Å². The Bertz CT molecular complexity index is 1100. The first-order valence-corrected chi connectivity index (χ1v) is 8.04. The van der Waals surface area contributed by atoms with Crippen LogP contribution in [0, 0.1) is 6.92 Å². The molecule has 0 bridgehead atoms. The van der Waals surface area contributed by atoms with E-state index in [2.05, 4.69) is 10.3 Å². The van der Waals surface area contributed by atoms with Gasteiger partial charge >= 0.3 is 0 Å². The lowest BCUT2D eigenvalue weighted by Gasteiger charge is -2.16. The predicted octanol–water partition coefficient (Wildman–Crippen LogP) is 4.00. The van der Waals surface area contributed by atoms with Gasteiger partial charge in [0, 0.05) is 18.1 Å². The Kier molecular flexibility index (Phi) is 3.61.